The molecule has 1 saturated heterocycles. The number of alkyl carbamates (subject to hydrolysis) is 1. The van der Waals surface area contributed by atoms with Crippen molar-refractivity contribution in [2.24, 2.45) is 5.92 Å². The zero-order valence-corrected chi connectivity index (χ0v) is 19.0. The summed E-state index contributed by atoms with van der Waals surface area (Å²) in [7, 11) is 0. The summed E-state index contributed by atoms with van der Waals surface area (Å²) in [4.78, 5) is 27.1. The third kappa shape index (κ3) is 5.24. The number of aromatic nitrogens is 2. The zero-order valence-electron chi connectivity index (χ0n) is 19.0. The van der Waals surface area contributed by atoms with Crippen molar-refractivity contribution >= 4 is 12.0 Å². The summed E-state index contributed by atoms with van der Waals surface area (Å²) in [6, 6.07) is 6.07. The quantitative estimate of drug-likeness (QED) is 0.795. The lowest BCUT2D eigenvalue weighted by molar-refractivity contribution is 0.0520. The van der Waals surface area contributed by atoms with Crippen LogP contribution in [0.5, 0.6) is 0 Å². The minimum Gasteiger partial charge on any atom is -0.444 e. The Kier molecular flexibility index (Phi) is 6.38. The van der Waals surface area contributed by atoms with E-state index >= 15 is 0 Å². The molecule has 0 aliphatic carbocycles. The van der Waals surface area contributed by atoms with Crippen molar-refractivity contribution < 1.29 is 18.7 Å². The lowest BCUT2D eigenvalue weighted by Crippen LogP contribution is -2.37. The first kappa shape index (κ1) is 22.8. The van der Waals surface area contributed by atoms with E-state index in [2.05, 4.69) is 10.4 Å². The Labute approximate surface area is 182 Å². The molecule has 0 unspecified atom stereocenters. The van der Waals surface area contributed by atoms with E-state index in [1.54, 1.807) is 16.8 Å². The number of carbonyl (C=O) groups is 2. The van der Waals surface area contributed by atoms with Crippen LogP contribution in [0.2, 0.25) is 0 Å². The molecule has 1 aromatic carbocycles. The van der Waals surface area contributed by atoms with Crippen molar-refractivity contribution in [2.75, 3.05) is 13.1 Å². The van der Waals surface area contributed by atoms with Crippen LogP contribution in [-0.4, -0.2) is 51.4 Å². The Morgan fingerprint density at radius 3 is 2.48 bits per heavy atom. The molecule has 2 aromatic rings. The Bertz CT molecular complexity index is 962. The minimum atomic E-state index is -0.547. The molecule has 2 heterocycles. The van der Waals surface area contributed by atoms with Crippen molar-refractivity contribution in [3.63, 3.8) is 0 Å². The van der Waals surface area contributed by atoms with Crippen LogP contribution in [0.4, 0.5) is 9.18 Å². The Hall–Kier alpha value is -2.90. The second kappa shape index (κ2) is 8.69. The highest BCUT2D eigenvalue weighted by molar-refractivity contribution is 5.97. The largest absolute Gasteiger partial charge is 0.444 e. The Morgan fingerprint density at radius 2 is 1.87 bits per heavy atom. The van der Waals surface area contributed by atoms with E-state index in [1.165, 1.54) is 12.1 Å². The van der Waals surface area contributed by atoms with Crippen molar-refractivity contribution in [1.82, 2.24) is 20.0 Å². The van der Waals surface area contributed by atoms with Gasteiger partial charge in [-0.2, -0.15) is 5.10 Å². The van der Waals surface area contributed by atoms with Gasteiger partial charge in [0.25, 0.3) is 5.91 Å². The van der Waals surface area contributed by atoms with Gasteiger partial charge >= 0.3 is 6.09 Å². The van der Waals surface area contributed by atoms with Crippen LogP contribution in [0.1, 0.15) is 55.9 Å². The number of ether oxygens (including phenoxy) is 1. The molecule has 1 aliphatic heterocycles. The molecule has 168 valence electrons. The molecule has 31 heavy (non-hydrogen) atoms. The van der Waals surface area contributed by atoms with Gasteiger partial charge in [0.2, 0.25) is 0 Å². The fourth-order valence-electron chi connectivity index (χ4n) is 4.04. The smallest absolute Gasteiger partial charge is 0.407 e. The van der Waals surface area contributed by atoms with E-state index < -0.39 is 11.7 Å². The Balaban J connectivity index is 1.70. The van der Waals surface area contributed by atoms with E-state index in [9.17, 15) is 14.0 Å². The van der Waals surface area contributed by atoms with Gasteiger partial charge in [-0.15, -0.1) is 0 Å². The van der Waals surface area contributed by atoms with Crippen LogP contribution in [0.3, 0.4) is 0 Å². The summed E-state index contributed by atoms with van der Waals surface area (Å²) >= 11 is 0. The molecule has 0 bridgehead atoms. The molecule has 1 fully saturated rings. The summed E-state index contributed by atoms with van der Waals surface area (Å²) in [6.45, 7) is 12.1. The third-order valence-electron chi connectivity index (χ3n) is 5.43. The average Bonchev–Trinajstić information content (AvgIpc) is 3.18. The first-order valence-electron chi connectivity index (χ1n) is 10.6. The fraction of sp³-hybridized carbons (Fsp3) is 0.522. The van der Waals surface area contributed by atoms with Crippen LogP contribution in [-0.2, 0) is 4.74 Å². The van der Waals surface area contributed by atoms with Crippen LogP contribution >= 0.6 is 0 Å². The summed E-state index contributed by atoms with van der Waals surface area (Å²) in [5.41, 5.74) is 2.08. The van der Waals surface area contributed by atoms with Gasteiger partial charge < -0.3 is 15.0 Å². The van der Waals surface area contributed by atoms with Crippen molar-refractivity contribution in [3.8, 4) is 5.69 Å². The lowest BCUT2D eigenvalue weighted by atomic mass is 10.1. The normalized spacial score (nSPS) is 18.9. The number of carbonyl (C=O) groups excluding carboxylic acids is 2. The van der Waals surface area contributed by atoms with E-state index in [-0.39, 0.29) is 23.7 Å². The Morgan fingerprint density at radius 1 is 1.23 bits per heavy atom. The second-order valence-electron chi connectivity index (χ2n) is 9.23. The molecule has 3 rings (SSSR count). The van der Waals surface area contributed by atoms with E-state index in [0.717, 1.165) is 12.1 Å². The number of hydrogen-bond donors (Lipinski definition) is 1. The maximum absolute atomic E-state index is 13.4. The summed E-state index contributed by atoms with van der Waals surface area (Å²) in [5.74, 6) is -0.242. The molecule has 1 N–H and O–H groups in total. The molecule has 0 spiro atoms. The highest BCUT2D eigenvalue weighted by Gasteiger charge is 2.35. The first-order chi connectivity index (χ1) is 14.5. The number of hydrogen-bond acceptors (Lipinski definition) is 4. The molecular formula is C23H31FN4O3. The van der Waals surface area contributed by atoms with Crippen LogP contribution in [0.25, 0.3) is 5.69 Å². The monoisotopic (exact) mass is 430 g/mol. The number of halogens is 1. The van der Waals surface area contributed by atoms with Crippen molar-refractivity contribution in [3.05, 3.63) is 47.0 Å². The highest BCUT2D eigenvalue weighted by Crippen LogP contribution is 2.27. The number of aryl methyl sites for hydroxylation is 1. The predicted molar refractivity (Wildman–Crippen MR) is 116 cm³/mol. The number of nitrogens with zero attached hydrogens (tertiary/aromatic N) is 3. The number of benzene rings is 1. The van der Waals surface area contributed by atoms with Crippen molar-refractivity contribution in [2.45, 2.75) is 59.6 Å². The van der Waals surface area contributed by atoms with Gasteiger partial charge in [-0.05, 0) is 78.1 Å². The molecule has 8 heteroatoms. The number of amides is 2. The minimum absolute atomic E-state index is 0.0471. The number of nitrogens with one attached hydrogen (secondary N) is 1. The second-order valence-corrected chi connectivity index (χ2v) is 9.23. The van der Waals surface area contributed by atoms with Gasteiger partial charge in [-0.3, -0.25) is 4.79 Å². The standard InChI is InChI=1S/C23H31FN4O3/c1-14-11-17(12-25-22(30)31-23(4,5)6)13-27(14)21(29)20-15(2)26-28(16(20)3)19-9-7-18(24)8-10-19/h7-10,14,17H,11-13H2,1-6H3,(H,25,30)/t14-,17-/m1/s1. The maximum Gasteiger partial charge on any atom is 0.407 e. The van der Waals surface area contributed by atoms with Gasteiger partial charge in [-0.1, -0.05) is 0 Å². The molecule has 1 aromatic heterocycles. The van der Waals surface area contributed by atoms with Gasteiger partial charge in [0.05, 0.1) is 22.6 Å². The summed E-state index contributed by atoms with van der Waals surface area (Å²) < 4.78 is 20.2. The van der Waals surface area contributed by atoms with E-state index in [1.807, 2.05) is 46.4 Å². The summed E-state index contributed by atoms with van der Waals surface area (Å²) in [5, 5.41) is 7.32. The van der Waals surface area contributed by atoms with E-state index in [4.69, 9.17) is 4.74 Å². The SMILES string of the molecule is Cc1nn(-c2ccc(F)cc2)c(C)c1C(=O)N1C[C@@H](CNC(=O)OC(C)(C)C)C[C@H]1C. The van der Waals surface area contributed by atoms with E-state index in [0.29, 0.717) is 30.0 Å². The zero-order chi connectivity index (χ0) is 22.9. The molecule has 0 radical (unpaired) electrons. The molecule has 0 saturated carbocycles. The summed E-state index contributed by atoms with van der Waals surface area (Å²) in [6.07, 6.45) is 0.350. The van der Waals surface area contributed by atoms with Gasteiger partial charge in [0, 0.05) is 19.1 Å². The molecule has 1 aliphatic rings. The van der Waals surface area contributed by atoms with Crippen LogP contribution in [0, 0.1) is 25.6 Å². The van der Waals surface area contributed by atoms with Crippen LogP contribution in [0.15, 0.2) is 24.3 Å². The predicted octanol–water partition coefficient (Wildman–Crippen LogP) is 4.00. The number of rotatable bonds is 4. The van der Waals surface area contributed by atoms with Crippen molar-refractivity contribution in [1.29, 1.82) is 0 Å². The van der Waals surface area contributed by atoms with Gasteiger partial charge in [0.15, 0.2) is 0 Å². The average molecular weight is 431 g/mol. The molecule has 2 amide bonds. The first-order valence-corrected chi connectivity index (χ1v) is 10.6. The topological polar surface area (TPSA) is 76.5 Å². The highest BCUT2D eigenvalue weighted by atomic mass is 19.1. The fourth-order valence-corrected chi connectivity index (χ4v) is 4.04. The third-order valence-corrected chi connectivity index (χ3v) is 5.43. The lowest BCUT2D eigenvalue weighted by Gasteiger charge is -2.22. The van der Waals surface area contributed by atoms with Gasteiger partial charge in [0.1, 0.15) is 11.4 Å². The molecular weight excluding hydrogens is 399 g/mol. The van der Waals surface area contributed by atoms with Gasteiger partial charge in [-0.25, -0.2) is 13.9 Å². The maximum atomic E-state index is 13.4. The van der Waals surface area contributed by atoms with Crippen LogP contribution < -0.4 is 5.32 Å². The molecule has 7 nitrogen and oxygen atoms in total. The molecule has 2 atom stereocenters. The number of likely N-dealkylation sites (tertiary alicyclic amines) is 1.